The van der Waals surface area contributed by atoms with Crippen LogP contribution in [-0.2, 0) is 31.1 Å². The monoisotopic (exact) mass is 770 g/mol. The first-order chi connectivity index (χ1) is 25.1. The molecule has 0 amide bonds. The number of rotatable bonds is 13. The maximum atomic E-state index is 12.8. The van der Waals surface area contributed by atoms with Crippen LogP contribution in [0.4, 0.5) is 11.4 Å². The molecule has 2 aliphatic heterocycles. The van der Waals surface area contributed by atoms with E-state index in [1.54, 1.807) is 4.90 Å². The number of anilines is 1. The Kier molecular flexibility index (Phi) is 11.9. The number of hydrogen-bond donors (Lipinski definition) is 2. The average molecular weight is 771 g/mol. The Morgan fingerprint density at radius 3 is 1.96 bits per heavy atom. The fraction of sp³-hybridized carbons (Fsp3) is 0.326. The van der Waals surface area contributed by atoms with Crippen LogP contribution < -0.4 is 4.90 Å². The molecule has 3 N–H and O–H groups in total. The molecule has 1 unspecified atom stereocenters. The molecule has 0 fully saturated rings. The second-order valence-corrected chi connectivity index (χ2v) is 18.1. The van der Waals surface area contributed by atoms with E-state index in [1.165, 1.54) is 10.9 Å². The normalized spacial score (nSPS) is 18.1. The summed E-state index contributed by atoms with van der Waals surface area (Å²) in [5.74, 6) is -0.266. The Morgan fingerprint density at radius 2 is 1.33 bits per heavy atom. The molecule has 286 valence electrons. The molecule has 54 heavy (non-hydrogen) atoms. The molecule has 6 rings (SSSR count). The minimum atomic E-state index is -4.41. The number of allylic oxidation sites excluding steroid dienone is 8. The van der Waals surface area contributed by atoms with Crippen molar-refractivity contribution in [1.82, 2.24) is 0 Å². The van der Waals surface area contributed by atoms with Gasteiger partial charge in [0.15, 0.2) is 11.1 Å². The third-order valence-corrected chi connectivity index (χ3v) is 12.5. The largest absolute Gasteiger partial charge is 0.870 e. The zero-order chi connectivity index (χ0) is 38.2. The molecule has 4 aromatic rings. The Morgan fingerprint density at radius 1 is 0.741 bits per heavy atom. The Bertz CT molecular complexity index is 2440. The molecule has 0 radical (unpaired) electrons. The van der Waals surface area contributed by atoms with Crippen LogP contribution in [0.25, 0.3) is 21.5 Å². The van der Waals surface area contributed by atoms with Crippen molar-refractivity contribution in [1.29, 1.82) is 0 Å². The first-order valence-electron chi connectivity index (χ1n) is 18.2. The number of unbranched alkanes of at least 4 members (excludes halogenated alkanes) is 1. The molecule has 2 aliphatic rings. The predicted octanol–water partition coefficient (Wildman–Crippen LogP) is 9.22. The molecule has 0 saturated carbocycles. The fourth-order valence-electron chi connectivity index (χ4n) is 8.25. The minimum Gasteiger partial charge on any atom is -0.870 e. The van der Waals surface area contributed by atoms with Crippen LogP contribution in [0.1, 0.15) is 71.4 Å². The minimum absolute atomic E-state index is 0. The van der Waals surface area contributed by atoms with E-state index < -0.39 is 31.0 Å². The van der Waals surface area contributed by atoms with Crippen molar-refractivity contribution in [3.63, 3.8) is 0 Å². The van der Waals surface area contributed by atoms with Crippen LogP contribution in [-0.4, -0.2) is 59.4 Å². The summed E-state index contributed by atoms with van der Waals surface area (Å²) in [4.78, 5) is 1.80. The van der Waals surface area contributed by atoms with Gasteiger partial charge in [-0.2, -0.15) is 21.4 Å². The molecule has 0 aliphatic carbocycles. The Labute approximate surface area is 319 Å². The van der Waals surface area contributed by atoms with Crippen molar-refractivity contribution in [2.75, 3.05) is 17.2 Å². The van der Waals surface area contributed by atoms with Gasteiger partial charge in [-0.15, -0.1) is 0 Å². The smallest absolute Gasteiger partial charge is 0.286 e. The first-order valence-corrected chi connectivity index (χ1v) is 21.3. The summed E-state index contributed by atoms with van der Waals surface area (Å²) in [6, 6.07) is 24.7. The Balaban J connectivity index is 0.00000561. The van der Waals surface area contributed by atoms with E-state index in [0.29, 0.717) is 25.8 Å². The summed E-state index contributed by atoms with van der Waals surface area (Å²) in [6.45, 7) is 11.1. The molecule has 4 aromatic carbocycles. The topological polar surface area (TPSA) is 145 Å². The SMILES string of the molecule is CCCC(N1\C(=C/C=C/C=C/C=C/C2=[N+](CCCCS(=O)(=O)O)c3ccc4ccccc4c3C2(C)C)C(C)(C)c2c1ccc1ccccc21)S(=O)(=O)O.[OH-]. The van der Waals surface area contributed by atoms with Crippen molar-refractivity contribution in [3.05, 3.63) is 132 Å². The van der Waals surface area contributed by atoms with Crippen molar-refractivity contribution in [2.24, 2.45) is 0 Å². The van der Waals surface area contributed by atoms with Crippen LogP contribution in [0.5, 0.6) is 0 Å². The second-order valence-electron chi connectivity index (χ2n) is 15.0. The molecular formula is C43H50N2O7S2. The van der Waals surface area contributed by atoms with Crippen LogP contribution in [0.2, 0.25) is 0 Å². The van der Waals surface area contributed by atoms with E-state index in [-0.39, 0.29) is 23.1 Å². The molecule has 0 spiro atoms. The first kappa shape index (κ1) is 40.8. The maximum absolute atomic E-state index is 12.8. The molecule has 0 saturated heterocycles. The van der Waals surface area contributed by atoms with Crippen LogP contribution >= 0.6 is 0 Å². The number of fused-ring (bicyclic) bond motifs is 6. The van der Waals surface area contributed by atoms with Gasteiger partial charge in [0.05, 0.1) is 11.2 Å². The lowest BCUT2D eigenvalue weighted by molar-refractivity contribution is -0.438. The van der Waals surface area contributed by atoms with Gasteiger partial charge in [0.1, 0.15) is 6.54 Å². The van der Waals surface area contributed by atoms with Crippen LogP contribution in [0.3, 0.4) is 0 Å². The van der Waals surface area contributed by atoms with Crippen molar-refractivity contribution in [2.45, 2.75) is 76.5 Å². The van der Waals surface area contributed by atoms with Gasteiger partial charge in [0.2, 0.25) is 5.69 Å². The molecular weight excluding hydrogens is 721 g/mol. The highest BCUT2D eigenvalue weighted by Gasteiger charge is 2.47. The summed E-state index contributed by atoms with van der Waals surface area (Å²) in [6.07, 6.45) is 15.6. The maximum Gasteiger partial charge on any atom is 0.286 e. The van der Waals surface area contributed by atoms with Crippen molar-refractivity contribution >= 4 is 58.9 Å². The number of hydrogen-bond acceptors (Lipinski definition) is 6. The quantitative estimate of drug-likeness (QED) is 0.0593. The zero-order valence-corrected chi connectivity index (χ0v) is 33.1. The van der Waals surface area contributed by atoms with Crippen molar-refractivity contribution < 1.29 is 36.0 Å². The molecule has 9 nitrogen and oxygen atoms in total. The molecule has 11 heteroatoms. The zero-order valence-electron chi connectivity index (χ0n) is 31.5. The van der Waals surface area contributed by atoms with E-state index in [1.807, 2.05) is 79.8 Å². The van der Waals surface area contributed by atoms with E-state index in [4.69, 9.17) is 0 Å². The van der Waals surface area contributed by atoms with Gasteiger partial charge in [-0.25, -0.2) is 0 Å². The lowest BCUT2D eigenvalue weighted by Crippen LogP contribution is -2.40. The summed E-state index contributed by atoms with van der Waals surface area (Å²) in [7, 11) is -8.43. The average Bonchev–Trinajstić information content (AvgIpc) is 3.46. The molecule has 0 aromatic heterocycles. The van der Waals surface area contributed by atoms with E-state index >= 15 is 0 Å². The van der Waals surface area contributed by atoms with Gasteiger partial charge >= 0.3 is 0 Å². The van der Waals surface area contributed by atoms with E-state index in [2.05, 4.69) is 74.7 Å². The lowest BCUT2D eigenvalue weighted by atomic mass is 9.79. The van der Waals surface area contributed by atoms with Gasteiger partial charge in [-0.3, -0.25) is 9.11 Å². The third kappa shape index (κ3) is 7.87. The summed E-state index contributed by atoms with van der Waals surface area (Å²) in [5, 5.41) is 3.35. The fourth-order valence-corrected chi connectivity index (χ4v) is 9.85. The van der Waals surface area contributed by atoms with Gasteiger partial charge < -0.3 is 10.4 Å². The standard InChI is InChI=1S/C43H48N2O6S2.H2O/c1-6-18-39(53(49,50)51)45-36-28-26-32-20-13-15-22-34(32)41(36)43(4,5)38(45)24-11-9-7-8-10-23-37-42(2,3)40-33-21-14-12-19-31(33)25-27-35(40)44(37)29-16-17-30-52(46,47)48;/h7-15,19-28,39H,6,16-18,29-30H2,1-5H3,(H-,46,47,48,49,50,51);1H2. The second kappa shape index (κ2) is 15.8. The van der Waals surface area contributed by atoms with Gasteiger partial charge in [-0.1, -0.05) is 112 Å². The van der Waals surface area contributed by atoms with Gasteiger partial charge in [-0.05, 0) is 72.0 Å². The number of benzene rings is 4. The molecule has 0 bridgehead atoms. The van der Waals surface area contributed by atoms with Crippen molar-refractivity contribution in [3.8, 4) is 0 Å². The number of nitrogens with zero attached hydrogens (tertiary/aromatic N) is 2. The van der Waals surface area contributed by atoms with Crippen LogP contribution in [0.15, 0.2) is 121 Å². The lowest BCUT2D eigenvalue weighted by Gasteiger charge is -2.32. The highest BCUT2D eigenvalue weighted by atomic mass is 32.2. The van der Waals surface area contributed by atoms with Crippen LogP contribution in [0, 0.1) is 0 Å². The van der Waals surface area contributed by atoms with Gasteiger partial charge in [0.25, 0.3) is 20.2 Å². The third-order valence-electron chi connectivity index (χ3n) is 10.6. The highest BCUT2D eigenvalue weighted by Crippen LogP contribution is 2.52. The summed E-state index contributed by atoms with van der Waals surface area (Å²) in [5.41, 5.74) is 5.15. The Hall–Kier alpha value is -4.39. The summed E-state index contributed by atoms with van der Waals surface area (Å²) >= 11 is 0. The predicted molar refractivity (Wildman–Crippen MR) is 220 cm³/mol. The van der Waals surface area contributed by atoms with E-state index in [9.17, 15) is 25.9 Å². The summed E-state index contributed by atoms with van der Waals surface area (Å²) < 4.78 is 70.4. The molecule has 1 atom stereocenters. The molecule has 2 heterocycles. The highest BCUT2D eigenvalue weighted by molar-refractivity contribution is 7.86. The van der Waals surface area contributed by atoms with Gasteiger partial charge in [0, 0.05) is 40.9 Å². The van der Waals surface area contributed by atoms with E-state index in [0.717, 1.165) is 44.5 Å².